The highest BCUT2D eigenvalue weighted by molar-refractivity contribution is 7.99. The Balaban J connectivity index is 1.51. The van der Waals surface area contributed by atoms with Crippen LogP contribution >= 0.6 is 11.8 Å². The lowest BCUT2D eigenvalue weighted by Crippen LogP contribution is -2.42. The van der Waals surface area contributed by atoms with Crippen molar-refractivity contribution in [2.45, 2.75) is 12.5 Å². The second kappa shape index (κ2) is 8.64. The molecule has 0 aromatic heterocycles. The van der Waals surface area contributed by atoms with E-state index in [1.165, 1.54) is 0 Å². The summed E-state index contributed by atoms with van der Waals surface area (Å²) < 4.78 is 10.4. The number of hydrogen-bond donors (Lipinski definition) is 2. The van der Waals surface area contributed by atoms with E-state index in [4.69, 9.17) is 9.47 Å². The zero-order valence-electron chi connectivity index (χ0n) is 15.1. The third-order valence-corrected chi connectivity index (χ3v) is 5.71. The van der Waals surface area contributed by atoms with Gasteiger partial charge < -0.3 is 25.0 Å². The number of nitrogens with zero attached hydrogens (tertiary/aromatic N) is 1. The van der Waals surface area contributed by atoms with Crippen LogP contribution in [0.4, 0.5) is 0 Å². The lowest BCUT2D eigenvalue weighted by Gasteiger charge is -2.19. The first-order chi connectivity index (χ1) is 12.6. The van der Waals surface area contributed by atoms with Gasteiger partial charge >= 0.3 is 0 Å². The summed E-state index contributed by atoms with van der Waals surface area (Å²) in [5.41, 5.74) is 0.494. The van der Waals surface area contributed by atoms with Gasteiger partial charge in [0.25, 0.3) is 5.91 Å². The Bertz CT molecular complexity index is 642. The van der Waals surface area contributed by atoms with Gasteiger partial charge in [0.1, 0.15) is 11.5 Å². The van der Waals surface area contributed by atoms with Crippen molar-refractivity contribution in [3.05, 3.63) is 23.8 Å². The van der Waals surface area contributed by atoms with Crippen LogP contribution in [-0.2, 0) is 4.79 Å². The molecule has 2 heterocycles. The van der Waals surface area contributed by atoms with E-state index < -0.39 is 0 Å². The quantitative estimate of drug-likeness (QED) is 0.766. The Morgan fingerprint density at radius 3 is 2.62 bits per heavy atom. The molecule has 2 amide bonds. The molecule has 2 N–H and O–H groups in total. The maximum atomic E-state index is 12.4. The Morgan fingerprint density at radius 2 is 2.00 bits per heavy atom. The summed E-state index contributed by atoms with van der Waals surface area (Å²) in [5, 5.41) is 6.25. The zero-order chi connectivity index (χ0) is 18.5. The first-order valence-electron chi connectivity index (χ1n) is 8.72. The lowest BCUT2D eigenvalue weighted by atomic mass is 10.0. The Kier molecular flexibility index (Phi) is 6.26. The van der Waals surface area contributed by atoms with Crippen LogP contribution in [0.2, 0.25) is 0 Å². The molecule has 0 radical (unpaired) electrons. The van der Waals surface area contributed by atoms with Crippen LogP contribution in [0.5, 0.6) is 11.5 Å². The predicted molar refractivity (Wildman–Crippen MR) is 101 cm³/mol. The highest BCUT2D eigenvalue weighted by Crippen LogP contribution is 2.23. The third-order valence-electron chi connectivity index (χ3n) is 4.75. The number of nitrogens with one attached hydrogen (secondary N) is 2. The van der Waals surface area contributed by atoms with Crippen molar-refractivity contribution in [2.24, 2.45) is 5.92 Å². The monoisotopic (exact) mass is 379 g/mol. The van der Waals surface area contributed by atoms with E-state index >= 15 is 0 Å². The minimum absolute atomic E-state index is 0.132. The summed E-state index contributed by atoms with van der Waals surface area (Å²) in [6.45, 7) is 2.10. The van der Waals surface area contributed by atoms with Gasteiger partial charge in [-0.2, -0.15) is 0 Å². The lowest BCUT2D eigenvalue weighted by molar-refractivity contribution is -0.131. The number of hydrogen-bond acceptors (Lipinski definition) is 6. The largest absolute Gasteiger partial charge is 0.497 e. The molecule has 2 saturated heterocycles. The molecule has 2 fully saturated rings. The minimum Gasteiger partial charge on any atom is -0.497 e. The third kappa shape index (κ3) is 4.42. The van der Waals surface area contributed by atoms with Gasteiger partial charge in [0, 0.05) is 37.0 Å². The standard InChI is InChI=1S/C18H25N3O4S/c1-24-14-6-13(7-15(8-14)25-2)17(22)20-10-12-5-16(19-9-12)18(23)21-3-4-26-11-21/h6-8,12,16,19H,3-5,9-11H2,1-2H3,(H,20,22). The van der Waals surface area contributed by atoms with Crippen LogP contribution in [0.15, 0.2) is 18.2 Å². The molecule has 2 unspecified atom stereocenters. The van der Waals surface area contributed by atoms with Crippen molar-refractivity contribution in [3.8, 4) is 11.5 Å². The van der Waals surface area contributed by atoms with E-state index in [0.717, 1.165) is 31.1 Å². The molecule has 1 aromatic rings. The van der Waals surface area contributed by atoms with E-state index in [1.807, 2.05) is 4.90 Å². The van der Waals surface area contributed by atoms with E-state index in [9.17, 15) is 9.59 Å². The average molecular weight is 379 g/mol. The summed E-state index contributed by atoms with van der Waals surface area (Å²) in [6, 6.07) is 4.96. The molecule has 0 bridgehead atoms. The number of rotatable bonds is 6. The fraction of sp³-hybridized carbons (Fsp3) is 0.556. The Morgan fingerprint density at radius 1 is 1.27 bits per heavy atom. The highest BCUT2D eigenvalue weighted by Gasteiger charge is 2.33. The SMILES string of the molecule is COc1cc(OC)cc(C(=O)NCC2CNC(C(=O)N3CCSC3)C2)c1. The summed E-state index contributed by atoms with van der Waals surface area (Å²) in [6.07, 6.45) is 0.752. The molecule has 2 aliphatic rings. The number of carbonyl (C=O) groups excluding carboxylic acids is 2. The molecule has 26 heavy (non-hydrogen) atoms. The second-order valence-electron chi connectivity index (χ2n) is 6.51. The number of thioether (sulfide) groups is 1. The Labute approximate surface area is 157 Å². The van der Waals surface area contributed by atoms with Gasteiger partial charge in [0.15, 0.2) is 0 Å². The fourth-order valence-electron chi connectivity index (χ4n) is 3.24. The number of methoxy groups -OCH3 is 2. The summed E-state index contributed by atoms with van der Waals surface area (Å²) in [7, 11) is 3.10. The van der Waals surface area contributed by atoms with Crippen LogP contribution in [0.25, 0.3) is 0 Å². The molecule has 142 valence electrons. The van der Waals surface area contributed by atoms with Crippen molar-refractivity contribution in [2.75, 3.05) is 45.5 Å². The number of carbonyl (C=O) groups is 2. The first kappa shape index (κ1) is 18.8. The average Bonchev–Trinajstić information content (AvgIpc) is 3.37. The highest BCUT2D eigenvalue weighted by atomic mass is 32.2. The molecule has 0 saturated carbocycles. The fourth-order valence-corrected chi connectivity index (χ4v) is 4.19. The van der Waals surface area contributed by atoms with E-state index in [1.54, 1.807) is 44.2 Å². The van der Waals surface area contributed by atoms with Crippen LogP contribution < -0.4 is 20.1 Å². The zero-order valence-corrected chi connectivity index (χ0v) is 15.9. The molecule has 0 aliphatic carbocycles. The summed E-state index contributed by atoms with van der Waals surface area (Å²) in [4.78, 5) is 26.8. The molecule has 7 nitrogen and oxygen atoms in total. The van der Waals surface area contributed by atoms with E-state index in [2.05, 4.69) is 10.6 Å². The van der Waals surface area contributed by atoms with Crippen molar-refractivity contribution in [1.29, 1.82) is 0 Å². The van der Waals surface area contributed by atoms with Gasteiger partial charge in [-0.3, -0.25) is 9.59 Å². The van der Waals surface area contributed by atoms with Gasteiger partial charge in [0.2, 0.25) is 5.91 Å². The summed E-state index contributed by atoms with van der Waals surface area (Å²) in [5.74, 6) is 3.21. The topological polar surface area (TPSA) is 79.9 Å². The minimum atomic E-state index is -0.173. The summed E-state index contributed by atoms with van der Waals surface area (Å²) >= 11 is 1.79. The van der Waals surface area contributed by atoms with Crippen molar-refractivity contribution in [3.63, 3.8) is 0 Å². The predicted octanol–water partition coefficient (Wildman–Crippen LogP) is 0.945. The molecule has 2 aliphatic heterocycles. The number of ether oxygens (including phenoxy) is 2. The molecule has 8 heteroatoms. The van der Waals surface area contributed by atoms with Gasteiger partial charge in [0.05, 0.1) is 26.1 Å². The van der Waals surface area contributed by atoms with E-state index in [-0.39, 0.29) is 23.8 Å². The number of benzene rings is 1. The number of amides is 2. The van der Waals surface area contributed by atoms with Crippen LogP contribution in [0.1, 0.15) is 16.8 Å². The van der Waals surface area contributed by atoms with Crippen molar-refractivity contribution in [1.82, 2.24) is 15.5 Å². The maximum absolute atomic E-state index is 12.4. The van der Waals surface area contributed by atoms with Crippen molar-refractivity contribution < 1.29 is 19.1 Å². The normalized spacial score (nSPS) is 22.3. The van der Waals surface area contributed by atoms with Gasteiger partial charge in [-0.05, 0) is 24.5 Å². The maximum Gasteiger partial charge on any atom is 0.251 e. The molecule has 0 spiro atoms. The van der Waals surface area contributed by atoms with Gasteiger partial charge in [-0.1, -0.05) is 0 Å². The van der Waals surface area contributed by atoms with Gasteiger partial charge in [-0.25, -0.2) is 0 Å². The van der Waals surface area contributed by atoms with Gasteiger partial charge in [-0.15, -0.1) is 11.8 Å². The van der Waals surface area contributed by atoms with Crippen LogP contribution in [-0.4, -0.2) is 68.2 Å². The molecular formula is C18H25N3O4S. The van der Waals surface area contributed by atoms with Crippen LogP contribution in [0.3, 0.4) is 0 Å². The van der Waals surface area contributed by atoms with Crippen LogP contribution in [0, 0.1) is 5.92 Å². The molecule has 1 aromatic carbocycles. The molecule has 3 rings (SSSR count). The smallest absolute Gasteiger partial charge is 0.251 e. The molecular weight excluding hydrogens is 354 g/mol. The molecule has 2 atom stereocenters. The second-order valence-corrected chi connectivity index (χ2v) is 7.59. The van der Waals surface area contributed by atoms with Crippen molar-refractivity contribution >= 4 is 23.6 Å². The Hall–Kier alpha value is -1.93. The van der Waals surface area contributed by atoms with E-state index in [0.29, 0.717) is 23.6 Å². The first-order valence-corrected chi connectivity index (χ1v) is 9.87.